The van der Waals surface area contributed by atoms with Crippen molar-refractivity contribution in [1.29, 1.82) is 0 Å². The molecule has 0 aliphatic rings. The van der Waals surface area contributed by atoms with E-state index in [1.165, 1.54) is 25.1 Å². The molecule has 0 spiro atoms. The quantitative estimate of drug-likeness (QED) is 0.271. The minimum atomic E-state index is -3.07. The number of alkyl halides is 2. The second-order valence-electron chi connectivity index (χ2n) is 6.20. The van der Waals surface area contributed by atoms with Gasteiger partial charge in [-0.25, -0.2) is 4.79 Å². The summed E-state index contributed by atoms with van der Waals surface area (Å²) in [5.74, 6) is -2.07. The second kappa shape index (κ2) is 11.2. The molecule has 0 bridgehead atoms. The van der Waals surface area contributed by atoms with Crippen LogP contribution in [-0.2, 0) is 9.53 Å². The monoisotopic (exact) mass is 473 g/mol. The van der Waals surface area contributed by atoms with Crippen LogP contribution in [0.15, 0.2) is 36.4 Å². The molecular formula is C19H18ClF2N3O7. The van der Waals surface area contributed by atoms with E-state index in [2.05, 4.69) is 15.4 Å². The van der Waals surface area contributed by atoms with Gasteiger partial charge in [-0.2, -0.15) is 8.78 Å². The first-order valence-corrected chi connectivity index (χ1v) is 9.39. The minimum absolute atomic E-state index is 0.0696. The molecule has 0 heterocycles. The fraction of sp³-hybridized carbons (Fsp3) is 0.263. The topological polar surface area (TPSA) is 140 Å². The average molecular weight is 474 g/mol. The van der Waals surface area contributed by atoms with Gasteiger partial charge in [-0.1, -0.05) is 11.6 Å². The fourth-order valence-electron chi connectivity index (χ4n) is 2.45. The molecule has 2 rings (SSSR count). The Morgan fingerprint density at radius 1 is 1.25 bits per heavy atom. The number of aliphatic hydroxyl groups is 1. The average Bonchev–Trinajstić information content (AvgIpc) is 2.73. The molecule has 172 valence electrons. The highest BCUT2D eigenvalue weighted by molar-refractivity contribution is 6.32. The maximum absolute atomic E-state index is 12.5. The Morgan fingerprint density at radius 2 is 1.97 bits per heavy atom. The van der Waals surface area contributed by atoms with Crippen LogP contribution in [0.4, 0.5) is 25.8 Å². The minimum Gasteiger partial charge on any atom is -0.449 e. The molecule has 1 atom stereocenters. The van der Waals surface area contributed by atoms with E-state index >= 15 is 0 Å². The largest absolute Gasteiger partial charge is 0.449 e. The van der Waals surface area contributed by atoms with Gasteiger partial charge in [-0.3, -0.25) is 14.9 Å². The lowest BCUT2D eigenvalue weighted by Gasteiger charge is -2.16. The number of benzene rings is 2. The van der Waals surface area contributed by atoms with Gasteiger partial charge in [-0.05, 0) is 31.2 Å². The fourth-order valence-corrected chi connectivity index (χ4v) is 2.68. The standard InChI is InChI=1S/C19H18ClF2N3O7/c1-10(17(27)24-11-2-5-16(14(20)8-11)32-19(21)22)31-18(28)13-9-12(25(29)30)3-4-15(13)23-6-7-26/h2-5,8-10,19,23,26H,6-7H2,1H3,(H,24,27). The number of nitrogens with one attached hydrogen (secondary N) is 2. The number of halogens is 3. The van der Waals surface area contributed by atoms with E-state index in [0.717, 1.165) is 18.2 Å². The van der Waals surface area contributed by atoms with Crippen LogP contribution in [0.25, 0.3) is 0 Å². The van der Waals surface area contributed by atoms with Gasteiger partial charge in [0, 0.05) is 30.1 Å². The molecular weight excluding hydrogens is 456 g/mol. The lowest BCUT2D eigenvalue weighted by atomic mass is 10.1. The zero-order valence-corrected chi connectivity index (χ0v) is 17.3. The molecule has 1 unspecified atom stereocenters. The number of carbonyl (C=O) groups is 2. The summed E-state index contributed by atoms with van der Waals surface area (Å²) in [6, 6.07) is 6.98. The molecule has 0 radical (unpaired) electrons. The number of anilines is 2. The summed E-state index contributed by atoms with van der Waals surface area (Å²) in [6.07, 6.45) is -1.33. The maximum Gasteiger partial charge on any atom is 0.387 e. The first kappa shape index (κ1) is 24.8. The summed E-state index contributed by atoms with van der Waals surface area (Å²) in [6.45, 7) is -1.99. The summed E-state index contributed by atoms with van der Waals surface area (Å²) in [5.41, 5.74) is -0.276. The lowest BCUT2D eigenvalue weighted by Crippen LogP contribution is -2.30. The molecule has 13 heteroatoms. The van der Waals surface area contributed by atoms with E-state index in [1.54, 1.807) is 0 Å². The number of non-ortho nitro benzene ring substituents is 1. The third kappa shape index (κ3) is 6.75. The maximum atomic E-state index is 12.5. The summed E-state index contributed by atoms with van der Waals surface area (Å²) in [4.78, 5) is 35.2. The van der Waals surface area contributed by atoms with Gasteiger partial charge in [0.15, 0.2) is 6.10 Å². The predicted octanol–water partition coefficient (Wildman–Crippen LogP) is 3.44. The molecule has 0 aliphatic carbocycles. The first-order valence-electron chi connectivity index (χ1n) is 9.01. The molecule has 10 nitrogen and oxygen atoms in total. The van der Waals surface area contributed by atoms with Crippen molar-refractivity contribution in [2.24, 2.45) is 0 Å². The zero-order valence-electron chi connectivity index (χ0n) is 16.5. The van der Waals surface area contributed by atoms with Gasteiger partial charge >= 0.3 is 12.6 Å². The van der Waals surface area contributed by atoms with Crippen molar-refractivity contribution >= 4 is 40.5 Å². The number of aliphatic hydroxyl groups excluding tert-OH is 1. The van der Waals surface area contributed by atoms with Crippen molar-refractivity contribution < 1.29 is 37.9 Å². The molecule has 0 aliphatic heterocycles. The Bertz CT molecular complexity index is 1010. The van der Waals surface area contributed by atoms with E-state index in [1.807, 2.05) is 0 Å². The number of esters is 1. The van der Waals surface area contributed by atoms with Crippen LogP contribution < -0.4 is 15.4 Å². The Labute approximate surface area is 185 Å². The van der Waals surface area contributed by atoms with Crippen LogP contribution in [0, 0.1) is 10.1 Å². The molecule has 1 amide bonds. The predicted molar refractivity (Wildman–Crippen MR) is 110 cm³/mol. The smallest absolute Gasteiger partial charge is 0.387 e. The molecule has 2 aromatic carbocycles. The summed E-state index contributed by atoms with van der Waals surface area (Å²) in [5, 5.41) is 24.9. The van der Waals surface area contributed by atoms with E-state index < -0.39 is 29.5 Å². The normalized spacial score (nSPS) is 11.6. The molecule has 32 heavy (non-hydrogen) atoms. The van der Waals surface area contributed by atoms with Crippen LogP contribution in [0.2, 0.25) is 5.02 Å². The van der Waals surface area contributed by atoms with Crippen molar-refractivity contribution in [2.45, 2.75) is 19.6 Å². The summed E-state index contributed by atoms with van der Waals surface area (Å²) in [7, 11) is 0. The molecule has 0 fully saturated rings. The molecule has 0 saturated heterocycles. The number of rotatable bonds is 10. The van der Waals surface area contributed by atoms with E-state index in [4.69, 9.17) is 21.4 Å². The van der Waals surface area contributed by atoms with Crippen molar-refractivity contribution in [2.75, 3.05) is 23.8 Å². The molecule has 2 aromatic rings. The summed E-state index contributed by atoms with van der Waals surface area (Å²) < 4.78 is 33.9. The van der Waals surface area contributed by atoms with Crippen molar-refractivity contribution in [3.05, 3.63) is 57.1 Å². The van der Waals surface area contributed by atoms with E-state index in [0.29, 0.717) is 0 Å². The van der Waals surface area contributed by atoms with Crippen molar-refractivity contribution in [1.82, 2.24) is 0 Å². The van der Waals surface area contributed by atoms with Gasteiger partial charge in [0.2, 0.25) is 0 Å². The number of carbonyl (C=O) groups excluding carboxylic acids is 2. The van der Waals surface area contributed by atoms with Gasteiger partial charge in [0.25, 0.3) is 11.6 Å². The van der Waals surface area contributed by atoms with E-state index in [9.17, 15) is 28.5 Å². The number of hydrogen-bond acceptors (Lipinski definition) is 8. The zero-order chi connectivity index (χ0) is 23.8. The summed E-state index contributed by atoms with van der Waals surface area (Å²) >= 11 is 5.83. The molecule has 3 N–H and O–H groups in total. The Morgan fingerprint density at radius 3 is 2.56 bits per heavy atom. The number of hydrogen-bond donors (Lipinski definition) is 3. The SMILES string of the molecule is CC(OC(=O)c1cc([N+](=O)[O-])ccc1NCCO)C(=O)Nc1ccc(OC(F)F)c(Cl)c1. The Balaban J connectivity index is 2.11. The number of nitro groups is 1. The third-order valence-electron chi connectivity index (χ3n) is 3.93. The van der Waals surface area contributed by atoms with E-state index in [-0.39, 0.29) is 46.5 Å². The van der Waals surface area contributed by atoms with Crippen LogP contribution in [0.5, 0.6) is 5.75 Å². The van der Waals surface area contributed by atoms with Gasteiger partial charge < -0.3 is 25.2 Å². The van der Waals surface area contributed by atoms with Crippen LogP contribution in [0.3, 0.4) is 0 Å². The van der Waals surface area contributed by atoms with Gasteiger partial charge in [0.1, 0.15) is 5.75 Å². The number of ether oxygens (including phenoxy) is 2. The van der Waals surface area contributed by atoms with Crippen molar-refractivity contribution in [3.8, 4) is 5.75 Å². The van der Waals surface area contributed by atoms with Gasteiger partial charge in [-0.15, -0.1) is 0 Å². The highest BCUT2D eigenvalue weighted by Gasteiger charge is 2.23. The lowest BCUT2D eigenvalue weighted by molar-refractivity contribution is -0.384. The highest BCUT2D eigenvalue weighted by atomic mass is 35.5. The number of nitrogens with zero attached hydrogens (tertiary/aromatic N) is 1. The van der Waals surface area contributed by atoms with Crippen molar-refractivity contribution in [3.63, 3.8) is 0 Å². The van der Waals surface area contributed by atoms with Crippen LogP contribution in [0.1, 0.15) is 17.3 Å². The van der Waals surface area contributed by atoms with Gasteiger partial charge in [0.05, 0.1) is 22.1 Å². The Hall–Kier alpha value is -3.51. The molecule has 0 aromatic heterocycles. The number of amides is 1. The Kier molecular flexibility index (Phi) is 8.67. The first-order chi connectivity index (χ1) is 15.1. The third-order valence-corrected chi connectivity index (χ3v) is 4.23. The van der Waals surface area contributed by atoms with Crippen LogP contribution in [-0.4, -0.2) is 47.8 Å². The van der Waals surface area contributed by atoms with Crippen LogP contribution >= 0.6 is 11.6 Å². The highest BCUT2D eigenvalue weighted by Crippen LogP contribution is 2.29. The number of nitro benzene ring substituents is 1. The molecule has 0 saturated carbocycles. The second-order valence-corrected chi connectivity index (χ2v) is 6.61.